The van der Waals surface area contributed by atoms with E-state index in [1.54, 1.807) is 23.2 Å². The second-order valence-electron chi connectivity index (χ2n) is 8.72. The van der Waals surface area contributed by atoms with E-state index in [9.17, 15) is 22.8 Å². The van der Waals surface area contributed by atoms with Crippen molar-refractivity contribution in [2.75, 3.05) is 13.1 Å². The summed E-state index contributed by atoms with van der Waals surface area (Å²) in [5.74, 6) is -0.806. The van der Waals surface area contributed by atoms with Gasteiger partial charge < -0.3 is 9.80 Å². The molecule has 35 heavy (non-hydrogen) atoms. The highest BCUT2D eigenvalue weighted by Gasteiger charge is 2.35. The van der Waals surface area contributed by atoms with Crippen molar-refractivity contribution < 1.29 is 22.8 Å². The number of halogens is 3. The van der Waals surface area contributed by atoms with Gasteiger partial charge in [-0.3, -0.25) is 9.59 Å². The molecule has 4 rings (SSSR count). The number of alkyl halides is 3. The van der Waals surface area contributed by atoms with Crippen LogP contribution in [0.3, 0.4) is 0 Å². The first-order valence-corrected chi connectivity index (χ1v) is 12.5. The molecule has 2 aromatic carbocycles. The standard InChI is InChI=1S/C27H27F3N2O2S/c1-3-18(2)32(26(34)20-10-7-11-21(16-20)27(28,29)30)17-24(33)31-14-12-23-22(13-15-35-23)25(31)19-8-5-4-6-9-19/h4-11,13,15-16,18,25H,3,12,14,17H2,1-2H3. The molecule has 0 radical (unpaired) electrons. The van der Waals surface area contributed by atoms with Gasteiger partial charge in [0.25, 0.3) is 5.91 Å². The zero-order valence-electron chi connectivity index (χ0n) is 19.6. The summed E-state index contributed by atoms with van der Waals surface area (Å²) in [5.41, 5.74) is 1.11. The first-order chi connectivity index (χ1) is 16.7. The fourth-order valence-corrected chi connectivity index (χ4v) is 5.36. The molecule has 1 aliphatic heterocycles. The summed E-state index contributed by atoms with van der Waals surface area (Å²) in [6.07, 6.45) is -3.26. The zero-order chi connectivity index (χ0) is 25.2. The molecule has 4 nitrogen and oxygen atoms in total. The maximum Gasteiger partial charge on any atom is 0.416 e. The zero-order valence-corrected chi connectivity index (χ0v) is 20.4. The van der Waals surface area contributed by atoms with Crippen LogP contribution in [0.25, 0.3) is 0 Å². The van der Waals surface area contributed by atoms with E-state index in [2.05, 4.69) is 0 Å². The van der Waals surface area contributed by atoms with Crippen molar-refractivity contribution in [2.45, 2.75) is 44.9 Å². The van der Waals surface area contributed by atoms with Gasteiger partial charge in [0, 0.05) is 23.0 Å². The van der Waals surface area contributed by atoms with E-state index in [-0.39, 0.29) is 30.1 Å². The number of nitrogens with zero attached hydrogens (tertiary/aromatic N) is 2. The molecule has 0 saturated carbocycles. The van der Waals surface area contributed by atoms with Gasteiger partial charge in [-0.1, -0.05) is 43.3 Å². The summed E-state index contributed by atoms with van der Waals surface area (Å²) < 4.78 is 39.7. The van der Waals surface area contributed by atoms with Crippen molar-refractivity contribution in [3.05, 3.63) is 93.2 Å². The van der Waals surface area contributed by atoms with Gasteiger partial charge in [-0.05, 0) is 60.5 Å². The average molecular weight is 501 g/mol. The van der Waals surface area contributed by atoms with Crippen LogP contribution in [0.5, 0.6) is 0 Å². The van der Waals surface area contributed by atoms with E-state index in [0.717, 1.165) is 29.7 Å². The molecule has 8 heteroatoms. The Morgan fingerprint density at radius 2 is 1.86 bits per heavy atom. The van der Waals surface area contributed by atoms with E-state index < -0.39 is 17.6 Å². The lowest BCUT2D eigenvalue weighted by Gasteiger charge is -2.38. The van der Waals surface area contributed by atoms with Crippen LogP contribution < -0.4 is 0 Å². The third kappa shape index (κ3) is 5.27. The summed E-state index contributed by atoms with van der Waals surface area (Å²) in [7, 11) is 0. The predicted molar refractivity (Wildman–Crippen MR) is 130 cm³/mol. The van der Waals surface area contributed by atoms with Crippen molar-refractivity contribution in [1.29, 1.82) is 0 Å². The molecule has 0 bridgehead atoms. The lowest BCUT2D eigenvalue weighted by atomic mass is 9.93. The molecule has 0 saturated heterocycles. The van der Waals surface area contributed by atoms with Crippen LogP contribution in [0.2, 0.25) is 0 Å². The minimum Gasteiger partial charge on any atom is -0.330 e. The van der Waals surface area contributed by atoms with Gasteiger partial charge in [0.15, 0.2) is 0 Å². The second kappa shape index (κ2) is 10.2. The quantitative estimate of drug-likeness (QED) is 0.405. The smallest absolute Gasteiger partial charge is 0.330 e. The van der Waals surface area contributed by atoms with E-state index in [0.29, 0.717) is 13.0 Å². The maximum atomic E-state index is 13.7. The Bertz CT molecular complexity index is 1190. The SMILES string of the molecule is CCC(C)N(CC(=O)N1CCc2sccc2C1c1ccccc1)C(=O)c1cccc(C(F)(F)F)c1. The first kappa shape index (κ1) is 25.0. The summed E-state index contributed by atoms with van der Waals surface area (Å²) >= 11 is 1.67. The molecule has 2 heterocycles. The average Bonchev–Trinajstić information content (AvgIpc) is 3.34. The van der Waals surface area contributed by atoms with Crippen LogP contribution in [0.15, 0.2) is 66.0 Å². The molecule has 1 aromatic heterocycles. The Kier molecular flexibility index (Phi) is 7.31. The highest BCUT2D eigenvalue weighted by molar-refractivity contribution is 7.10. The number of thiophene rings is 1. The lowest BCUT2D eigenvalue weighted by molar-refractivity contribution is -0.137. The fraction of sp³-hybridized carbons (Fsp3) is 0.333. The van der Waals surface area contributed by atoms with Gasteiger partial charge in [-0.15, -0.1) is 11.3 Å². The maximum absolute atomic E-state index is 13.7. The van der Waals surface area contributed by atoms with Gasteiger partial charge in [0.1, 0.15) is 6.54 Å². The van der Waals surface area contributed by atoms with E-state index in [1.165, 1.54) is 21.9 Å². The number of carbonyl (C=O) groups excluding carboxylic acids is 2. The monoisotopic (exact) mass is 500 g/mol. The highest BCUT2D eigenvalue weighted by Crippen LogP contribution is 2.38. The summed E-state index contributed by atoms with van der Waals surface area (Å²) in [6, 6.07) is 15.6. The van der Waals surface area contributed by atoms with Gasteiger partial charge >= 0.3 is 6.18 Å². The molecule has 2 atom stereocenters. The number of fused-ring (bicyclic) bond motifs is 1. The van der Waals surface area contributed by atoms with Crippen LogP contribution in [-0.2, 0) is 17.4 Å². The third-order valence-corrected chi connectivity index (χ3v) is 7.52. The second-order valence-corrected chi connectivity index (χ2v) is 9.72. The lowest BCUT2D eigenvalue weighted by Crippen LogP contribution is -2.49. The van der Waals surface area contributed by atoms with Crippen molar-refractivity contribution >= 4 is 23.2 Å². The Morgan fingerprint density at radius 1 is 1.11 bits per heavy atom. The molecule has 3 aromatic rings. The minimum absolute atomic E-state index is 0.0775. The molecule has 2 unspecified atom stereocenters. The number of benzene rings is 2. The van der Waals surface area contributed by atoms with Crippen LogP contribution in [0.4, 0.5) is 13.2 Å². The Balaban J connectivity index is 1.63. The van der Waals surface area contributed by atoms with Crippen LogP contribution in [-0.4, -0.2) is 40.7 Å². The predicted octanol–water partition coefficient (Wildman–Crippen LogP) is 6.18. The van der Waals surface area contributed by atoms with Crippen molar-refractivity contribution in [1.82, 2.24) is 9.80 Å². The molecular formula is C27H27F3N2O2S. The van der Waals surface area contributed by atoms with Gasteiger partial charge in [0.2, 0.25) is 5.91 Å². The molecule has 1 aliphatic rings. The Morgan fingerprint density at radius 3 is 2.54 bits per heavy atom. The number of rotatable bonds is 6. The topological polar surface area (TPSA) is 40.6 Å². The van der Waals surface area contributed by atoms with Crippen LogP contribution in [0, 0.1) is 0 Å². The number of hydrogen-bond donors (Lipinski definition) is 0. The molecule has 0 fully saturated rings. The van der Waals surface area contributed by atoms with Crippen LogP contribution >= 0.6 is 11.3 Å². The molecule has 2 amide bonds. The molecule has 184 valence electrons. The summed E-state index contributed by atoms with van der Waals surface area (Å²) in [6.45, 7) is 4.00. The first-order valence-electron chi connectivity index (χ1n) is 11.6. The largest absolute Gasteiger partial charge is 0.416 e. The van der Waals surface area contributed by atoms with Gasteiger partial charge in [0.05, 0.1) is 11.6 Å². The minimum atomic E-state index is -4.55. The summed E-state index contributed by atoms with van der Waals surface area (Å²) in [4.78, 5) is 31.4. The van der Waals surface area contributed by atoms with Crippen molar-refractivity contribution in [3.63, 3.8) is 0 Å². The van der Waals surface area contributed by atoms with Crippen molar-refractivity contribution in [2.24, 2.45) is 0 Å². The third-order valence-electron chi connectivity index (χ3n) is 6.53. The van der Waals surface area contributed by atoms with Crippen molar-refractivity contribution in [3.8, 4) is 0 Å². The molecule has 0 N–H and O–H groups in total. The van der Waals surface area contributed by atoms with E-state index in [4.69, 9.17) is 0 Å². The Hall–Kier alpha value is -3.13. The molecule has 0 spiro atoms. The Labute approximate surface area is 207 Å². The molecular weight excluding hydrogens is 473 g/mol. The molecule has 0 aliphatic carbocycles. The van der Waals surface area contributed by atoms with Gasteiger partial charge in [-0.2, -0.15) is 13.2 Å². The van der Waals surface area contributed by atoms with Crippen LogP contribution in [0.1, 0.15) is 58.2 Å². The number of hydrogen-bond acceptors (Lipinski definition) is 3. The summed E-state index contributed by atoms with van der Waals surface area (Å²) in [5, 5.41) is 2.03. The van der Waals surface area contributed by atoms with Gasteiger partial charge in [-0.25, -0.2) is 0 Å². The van der Waals surface area contributed by atoms with E-state index >= 15 is 0 Å². The number of amides is 2. The highest BCUT2D eigenvalue weighted by atomic mass is 32.1. The number of carbonyl (C=O) groups is 2. The normalized spacial score (nSPS) is 16.5. The fourth-order valence-electron chi connectivity index (χ4n) is 4.46. The van der Waals surface area contributed by atoms with E-state index in [1.807, 2.05) is 48.7 Å².